The van der Waals surface area contributed by atoms with Crippen molar-refractivity contribution in [3.63, 3.8) is 0 Å². The Hall–Kier alpha value is -1.88. The number of guanidine groups is 1. The van der Waals surface area contributed by atoms with E-state index in [4.69, 9.17) is 5.73 Å². The Kier molecular flexibility index (Phi) is 5.74. The van der Waals surface area contributed by atoms with Gasteiger partial charge in [-0.05, 0) is 12.1 Å². The first-order chi connectivity index (χ1) is 11.8. The Morgan fingerprint density at radius 3 is 2.80 bits per heavy atom. The molecule has 0 aliphatic carbocycles. The second kappa shape index (κ2) is 8.00. The van der Waals surface area contributed by atoms with E-state index in [1.54, 1.807) is 11.3 Å². The average Bonchev–Trinajstić information content (AvgIpc) is 3.29. The molecule has 0 spiro atoms. The summed E-state index contributed by atoms with van der Waals surface area (Å²) >= 11 is 1.67. The molecule has 7 nitrogen and oxygen atoms in total. The number of nitrogens with two attached hydrogens (primary N) is 1. The van der Waals surface area contributed by atoms with E-state index in [2.05, 4.69) is 24.8 Å². The van der Waals surface area contributed by atoms with Gasteiger partial charge < -0.3 is 19.9 Å². The van der Waals surface area contributed by atoms with Gasteiger partial charge in [-0.25, -0.2) is 15.0 Å². The molecule has 0 radical (unpaired) electrons. The molecule has 4 heterocycles. The van der Waals surface area contributed by atoms with Crippen LogP contribution in [0.1, 0.15) is 5.69 Å². The second-order valence-corrected chi connectivity index (χ2v) is 6.53. The van der Waals surface area contributed by atoms with E-state index in [0.29, 0.717) is 12.5 Å². The molecule has 3 aromatic heterocycles. The highest BCUT2D eigenvalue weighted by molar-refractivity contribution is 14.0. The van der Waals surface area contributed by atoms with Gasteiger partial charge in [-0.1, -0.05) is 6.07 Å². The molecule has 0 aromatic carbocycles. The van der Waals surface area contributed by atoms with Crippen LogP contribution < -0.4 is 10.6 Å². The largest absolute Gasteiger partial charge is 0.370 e. The number of hydrogen-bond donors (Lipinski definition) is 1. The third-order valence-corrected chi connectivity index (χ3v) is 4.94. The van der Waals surface area contributed by atoms with Crippen LogP contribution >= 0.6 is 35.3 Å². The molecule has 4 rings (SSSR count). The van der Waals surface area contributed by atoms with Gasteiger partial charge in [0.05, 0.1) is 12.2 Å². The van der Waals surface area contributed by atoms with Gasteiger partial charge >= 0.3 is 0 Å². The summed E-state index contributed by atoms with van der Waals surface area (Å²) < 4.78 is 1.99. The number of halogens is 1. The van der Waals surface area contributed by atoms with E-state index in [9.17, 15) is 0 Å². The Bertz CT molecular complexity index is 804. The summed E-state index contributed by atoms with van der Waals surface area (Å²) in [7, 11) is 0. The Morgan fingerprint density at radius 2 is 2.08 bits per heavy atom. The SMILES string of the molecule is I.NC(=NCc1cn2ccccc2n1)N1CCN(c2nccs2)CC1. The monoisotopic (exact) mass is 469 g/mol. The molecular formula is C16H20IN7S. The number of aliphatic imine (C=N–C) groups is 1. The predicted molar refractivity (Wildman–Crippen MR) is 112 cm³/mol. The zero-order valence-electron chi connectivity index (χ0n) is 13.7. The summed E-state index contributed by atoms with van der Waals surface area (Å²) in [5.74, 6) is 0.589. The summed E-state index contributed by atoms with van der Waals surface area (Å²) in [5, 5.41) is 3.08. The fourth-order valence-electron chi connectivity index (χ4n) is 2.82. The number of piperazine rings is 1. The number of imidazole rings is 1. The molecule has 0 atom stereocenters. The highest BCUT2D eigenvalue weighted by Gasteiger charge is 2.19. The number of hydrogen-bond acceptors (Lipinski definition) is 5. The van der Waals surface area contributed by atoms with Crippen LogP contribution in [0.4, 0.5) is 5.13 Å². The van der Waals surface area contributed by atoms with Crippen molar-refractivity contribution in [1.82, 2.24) is 19.3 Å². The fraction of sp³-hybridized carbons (Fsp3) is 0.312. The Labute approximate surface area is 167 Å². The molecule has 2 N–H and O–H groups in total. The first kappa shape index (κ1) is 17.9. The van der Waals surface area contributed by atoms with E-state index in [0.717, 1.165) is 42.7 Å². The molecule has 0 saturated carbocycles. The molecular weight excluding hydrogens is 449 g/mol. The standard InChI is InChI=1S/C16H19N7S.HI/c17-15(19-11-13-12-23-5-2-1-3-14(23)20-13)21-6-8-22(9-7-21)16-18-4-10-24-16;/h1-5,10,12H,6-9,11H2,(H2,17,19);1H. The zero-order valence-corrected chi connectivity index (χ0v) is 16.8. The maximum absolute atomic E-state index is 6.16. The Morgan fingerprint density at radius 1 is 1.24 bits per heavy atom. The van der Waals surface area contributed by atoms with Gasteiger partial charge in [0.25, 0.3) is 0 Å². The van der Waals surface area contributed by atoms with Crippen molar-refractivity contribution in [2.24, 2.45) is 10.7 Å². The maximum atomic E-state index is 6.16. The number of aromatic nitrogens is 3. The Balaban J connectivity index is 0.00000182. The van der Waals surface area contributed by atoms with Crippen LogP contribution in [-0.2, 0) is 6.54 Å². The van der Waals surface area contributed by atoms with Crippen LogP contribution in [-0.4, -0.2) is 51.4 Å². The topological polar surface area (TPSA) is 75.0 Å². The highest BCUT2D eigenvalue weighted by atomic mass is 127. The summed E-state index contributed by atoms with van der Waals surface area (Å²) in [6, 6.07) is 5.94. The maximum Gasteiger partial charge on any atom is 0.191 e. The third kappa shape index (κ3) is 4.03. The normalized spacial score (nSPS) is 15.4. The third-order valence-electron chi connectivity index (χ3n) is 4.11. The number of pyridine rings is 1. The van der Waals surface area contributed by atoms with Crippen LogP contribution in [0.3, 0.4) is 0 Å². The van der Waals surface area contributed by atoms with Gasteiger partial charge in [0.1, 0.15) is 5.65 Å². The van der Waals surface area contributed by atoms with Crippen molar-refractivity contribution in [3.05, 3.63) is 47.9 Å². The van der Waals surface area contributed by atoms with Crippen LogP contribution in [0.2, 0.25) is 0 Å². The predicted octanol–water partition coefficient (Wildman–Crippen LogP) is 2.05. The van der Waals surface area contributed by atoms with E-state index in [1.807, 2.05) is 46.6 Å². The molecule has 9 heteroatoms. The molecule has 0 amide bonds. The van der Waals surface area contributed by atoms with E-state index in [-0.39, 0.29) is 24.0 Å². The fourth-order valence-corrected chi connectivity index (χ4v) is 3.52. The van der Waals surface area contributed by atoms with Crippen molar-refractivity contribution in [3.8, 4) is 0 Å². The molecule has 1 aliphatic rings. The van der Waals surface area contributed by atoms with Crippen molar-refractivity contribution < 1.29 is 0 Å². The lowest BCUT2D eigenvalue weighted by molar-refractivity contribution is 0.380. The van der Waals surface area contributed by atoms with Crippen molar-refractivity contribution in [2.45, 2.75) is 6.54 Å². The van der Waals surface area contributed by atoms with Gasteiger partial charge in [0.15, 0.2) is 11.1 Å². The van der Waals surface area contributed by atoms with Gasteiger partial charge in [-0.2, -0.15) is 0 Å². The van der Waals surface area contributed by atoms with Gasteiger partial charge in [-0.3, -0.25) is 0 Å². The van der Waals surface area contributed by atoms with E-state index in [1.165, 1.54) is 0 Å². The molecule has 0 bridgehead atoms. The van der Waals surface area contributed by atoms with Crippen molar-refractivity contribution in [1.29, 1.82) is 0 Å². The van der Waals surface area contributed by atoms with Gasteiger partial charge in [0, 0.05) is 50.1 Å². The summed E-state index contributed by atoms with van der Waals surface area (Å²) in [5.41, 5.74) is 8.02. The van der Waals surface area contributed by atoms with Crippen molar-refractivity contribution in [2.75, 3.05) is 31.1 Å². The van der Waals surface area contributed by atoms with E-state index >= 15 is 0 Å². The minimum absolute atomic E-state index is 0. The first-order valence-corrected chi connectivity index (χ1v) is 8.79. The molecule has 132 valence electrons. The zero-order chi connectivity index (χ0) is 16.4. The number of thiazole rings is 1. The van der Waals surface area contributed by atoms with Crippen LogP contribution in [0.25, 0.3) is 5.65 Å². The number of rotatable bonds is 3. The average molecular weight is 469 g/mol. The minimum Gasteiger partial charge on any atom is -0.370 e. The molecule has 25 heavy (non-hydrogen) atoms. The number of fused-ring (bicyclic) bond motifs is 1. The minimum atomic E-state index is 0. The number of anilines is 1. The lowest BCUT2D eigenvalue weighted by atomic mass is 10.3. The first-order valence-electron chi connectivity index (χ1n) is 7.91. The summed E-state index contributed by atoms with van der Waals surface area (Å²) in [6.07, 6.45) is 5.82. The lowest BCUT2D eigenvalue weighted by Gasteiger charge is -2.35. The molecule has 1 saturated heterocycles. The van der Waals surface area contributed by atoms with Crippen LogP contribution in [0, 0.1) is 0 Å². The second-order valence-electron chi connectivity index (χ2n) is 5.66. The summed E-state index contributed by atoms with van der Waals surface area (Å²) in [6.45, 7) is 4.05. The number of nitrogens with zero attached hydrogens (tertiary/aromatic N) is 6. The molecule has 1 aliphatic heterocycles. The van der Waals surface area contributed by atoms with Crippen LogP contribution in [0.15, 0.2) is 47.2 Å². The van der Waals surface area contributed by atoms with E-state index < -0.39 is 0 Å². The smallest absolute Gasteiger partial charge is 0.191 e. The summed E-state index contributed by atoms with van der Waals surface area (Å²) in [4.78, 5) is 17.8. The highest BCUT2D eigenvalue weighted by Crippen LogP contribution is 2.18. The molecule has 3 aromatic rings. The molecule has 0 unspecified atom stereocenters. The van der Waals surface area contributed by atoms with Crippen molar-refractivity contribution >= 4 is 52.1 Å². The van der Waals surface area contributed by atoms with Gasteiger partial charge in [0.2, 0.25) is 0 Å². The molecule has 1 fully saturated rings. The lowest BCUT2D eigenvalue weighted by Crippen LogP contribution is -2.51. The quantitative estimate of drug-likeness (QED) is 0.361. The van der Waals surface area contributed by atoms with Gasteiger partial charge in [-0.15, -0.1) is 35.3 Å². The van der Waals surface area contributed by atoms with Crippen LogP contribution in [0.5, 0.6) is 0 Å².